The van der Waals surface area contributed by atoms with Crippen molar-refractivity contribution in [3.05, 3.63) is 53.9 Å². The minimum atomic E-state index is -3.17. The molecule has 0 aliphatic heterocycles. The first kappa shape index (κ1) is 14.0. The molecule has 0 unspecified atom stereocenters. The van der Waals surface area contributed by atoms with Crippen LogP contribution in [0.2, 0.25) is 0 Å². The van der Waals surface area contributed by atoms with Crippen LogP contribution in [0.3, 0.4) is 0 Å². The van der Waals surface area contributed by atoms with Gasteiger partial charge in [-0.2, -0.15) is 5.26 Å². The van der Waals surface area contributed by atoms with E-state index in [0.29, 0.717) is 22.8 Å². The number of pyridine rings is 1. The Kier molecular flexibility index (Phi) is 4.01. The molecular weight excluding hydrogens is 274 g/mol. The molecule has 0 bridgehead atoms. The van der Waals surface area contributed by atoms with Crippen molar-refractivity contribution in [1.29, 1.82) is 5.26 Å². The summed E-state index contributed by atoms with van der Waals surface area (Å²) in [5.74, 6) is 0. The smallest absolute Gasteiger partial charge is 0.175 e. The molecule has 0 amide bonds. The summed E-state index contributed by atoms with van der Waals surface area (Å²) in [5, 5.41) is 12.0. The van der Waals surface area contributed by atoms with Crippen LogP contribution in [-0.2, 0) is 16.4 Å². The Bertz CT molecular complexity index is 747. The number of aromatic nitrogens is 1. The van der Waals surface area contributed by atoms with E-state index in [-0.39, 0.29) is 0 Å². The van der Waals surface area contributed by atoms with Crippen LogP contribution >= 0.6 is 0 Å². The topological polar surface area (TPSA) is 82.8 Å². The maximum atomic E-state index is 11.3. The van der Waals surface area contributed by atoms with E-state index in [4.69, 9.17) is 5.26 Å². The summed E-state index contributed by atoms with van der Waals surface area (Å²) in [4.78, 5) is 4.24. The van der Waals surface area contributed by atoms with E-state index in [1.165, 1.54) is 6.26 Å². The van der Waals surface area contributed by atoms with Crippen LogP contribution in [0, 0.1) is 11.3 Å². The molecule has 1 heterocycles. The van der Waals surface area contributed by atoms with Crippen molar-refractivity contribution >= 4 is 15.5 Å². The monoisotopic (exact) mass is 287 g/mol. The molecule has 0 radical (unpaired) electrons. The highest BCUT2D eigenvalue weighted by Crippen LogP contribution is 2.14. The average Bonchev–Trinajstić information content (AvgIpc) is 2.45. The van der Waals surface area contributed by atoms with Crippen molar-refractivity contribution in [2.24, 2.45) is 0 Å². The van der Waals surface area contributed by atoms with E-state index in [9.17, 15) is 8.42 Å². The number of nitrogens with one attached hydrogen (secondary N) is 1. The van der Waals surface area contributed by atoms with Gasteiger partial charge in [0, 0.05) is 19.0 Å². The third kappa shape index (κ3) is 3.33. The molecule has 1 aromatic carbocycles. The fourth-order valence-electron chi connectivity index (χ4n) is 1.69. The molecule has 20 heavy (non-hydrogen) atoms. The number of rotatable bonds is 4. The summed E-state index contributed by atoms with van der Waals surface area (Å²) >= 11 is 0. The first-order chi connectivity index (χ1) is 9.50. The Morgan fingerprint density at radius 1 is 1.25 bits per heavy atom. The summed E-state index contributed by atoms with van der Waals surface area (Å²) < 4.78 is 22.7. The lowest BCUT2D eigenvalue weighted by Crippen LogP contribution is -2.03. The second kappa shape index (κ2) is 5.72. The Labute approximate surface area is 117 Å². The van der Waals surface area contributed by atoms with Gasteiger partial charge in [-0.3, -0.25) is 0 Å². The molecule has 6 heteroatoms. The number of anilines is 1. The lowest BCUT2D eigenvalue weighted by atomic mass is 10.2. The Balaban J connectivity index is 2.10. The van der Waals surface area contributed by atoms with E-state index in [1.807, 2.05) is 6.07 Å². The van der Waals surface area contributed by atoms with Crippen molar-refractivity contribution in [3.8, 4) is 6.07 Å². The molecule has 0 saturated carbocycles. The third-order valence-electron chi connectivity index (χ3n) is 2.75. The van der Waals surface area contributed by atoms with Gasteiger partial charge in [0.15, 0.2) is 15.5 Å². The minimum absolute atomic E-state index is 0.292. The Hall–Kier alpha value is -2.39. The minimum Gasteiger partial charge on any atom is -0.379 e. The van der Waals surface area contributed by atoms with Crippen LogP contribution in [-0.4, -0.2) is 19.7 Å². The van der Waals surface area contributed by atoms with Gasteiger partial charge in [0.25, 0.3) is 0 Å². The maximum absolute atomic E-state index is 11.3. The Morgan fingerprint density at radius 3 is 2.55 bits per heavy atom. The third-order valence-corrected chi connectivity index (χ3v) is 3.88. The van der Waals surface area contributed by atoms with Crippen molar-refractivity contribution in [3.63, 3.8) is 0 Å². The fourth-order valence-corrected chi connectivity index (χ4v) is 2.32. The molecule has 0 aliphatic carbocycles. The summed E-state index contributed by atoms with van der Waals surface area (Å²) in [5.41, 5.74) is 1.91. The van der Waals surface area contributed by atoms with Gasteiger partial charge in [0.2, 0.25) is 0 Å². The molecule has 1 N–H and O–H groups in total. The quantitative estimate of drug-likeness (QED) is 0.929. The largest absolute Gasteiger partial charge is 0.379 e. The number of sulfone groups is 1. The lowest BCUT2D eigenvalue weighted by Gasteiger charge is -2.08. The van der Waals surface area contributed by atoms with Crippen molar-refractivity contribution < 1.29 is 8.42 Å². The molecule has 0 aliphatic rings. The summed E-state index contributed by atoms with van der Waals surface area (Å²) in [6.07, 6.45) is 2.74. The summed E-state index contributed by atoms with van der Waals surface area (Å²) in [7, 11) is -3.17. The van der Waals surface area contributed by atoms with Gasteiger partial charge >= 0.3 is 0 Å². The molecule has 0 saturated heterocycles. The number of hydrogen-bond acceptors (Lipinski definition) is 5. The second-order valence-corrected chi connectivity index (χ2v) is 6.30. The highest BCUT2D eigenvalue weighted by molar-refractivity contribution is 7.90. The van der Waals surface area contributed by atoms with Crippen LogP contribution in [0.25, 0.3) is 0 Å². The first-order valence-electron chi connectivity index (χ1n) is 5.88. The van der Waals surface area contributed by atoms with Crippen LogP contribution in [0.1, 0.15) is 11.3 Å². The van der Waals surface area contributed by atoms with Crippen LogP contribution in [0.15, 0.2) is 47.5 Å². The summed E-state index contributed by atoms with van der Waals surface area (Å²) in [6, 6.07) is 12.2. The molecule has 0 atom stereocenters. The lowest BCUT2D eigenvalue weighted by molar-refractivity contribution is 0.602. The predicted octanol–water partition coefficient (Wildman–Crippen LogP) is 1.97. The highest BCUT2D eigenvalue weighted by atomic mass is 32.2. The first-order valence-corrected chi connectivity index (χ1v) is 7.78. The molecule has 0 spiro atoms. The van der Waals surface area contributed by atoms with Crippen molar-refractivity contribution in [2.75, 3.05) is 11.6 Å². The second-order valence-electron chi connectivity index (χ2n) is 4.28. The molecule has 2 rings (SSSR count). The van der Waals surface area contributed by atoms with Gasteiger partial charge in [0.1, 0.15) is 6.07 Å². The van der Waals surface area contributed by atoms with Gasteiger partial charge in [-0.15, -0.1) is 0 Å². The number of nitrogens with zero attached hydrogens (tertiary/aromatic N) is 2. The SMILES string of the molecule is CS(=O)(=O)c1ccc(CNc2cccnc2C#N)cc1. The fraction of sp³-hybridized carbons (Fsp3) is 0.143. The highest BCUT2D eigenvalue weighted by Gasteiger charge is 2.06. The van der Waals surface area contributed by atoms with Crippen molar-refractivity contribution in [2.45, 2.75) is 11.4 Å². The van der Waals surface area contributed by atoms with E-state index >= 15 is 0 Å². The van der Waals surface area contributed by atoms with Gasteiger partial charge in [0.05, 0.1) is 10.6 Å². The summed E-state index contributed by atoms with van der Waals surface area (Å²) in [6.45, 7) is 0.490. The normalized spacial score (nSPS) is 10.8. The van der Waals surface area contributed by atoms with Crippen LogP contribution < -0.4 is 5.32 Å². The van der Waals surface area contributed by atoms with Gasteiger partial charge in [-0.1, -0.05) is 12.1 Å². The zero-order valence-electron chi connectivity index (χ0n) is 10.9. The number of benzene rings is 1. The maximum Gasteiger partial charge on any atom is 0.175 e. The van der Waals surface area contributed by atoms with Gasteiger partial charge in [-0.25, -0.2) is 13.4 Å². The zero-order chi connectivity index (χ0) is 14.6. The molecule has 1 aromatic heterocycles. The molecule has 5 nitrogen and oxygen atoms in total. The molecular formula is C14H13N3O2S. The molecule has 102 valence electrons. The van der Waals surface area contributed by atoms with E-state index in [2.05, 4.69) is 10.3 Å². The van der Waals surface area contributed by atoms with E-state index in [1.54, 1.807) is 42.6 Å². The van der Waals surface area contributed by atoms with E-state index < -0.39 is 9.84 Å². The standard InChI is InChI=1S/C14H13N3O2S/c1-20(18,19)12-6-4-11(5-7-12)10-17-13-3-2-8-16-14(13)9-15/h2-8,17H,10H2,1H3. The van der Waals surface area contributed by atoms with Crippen LogP contribution in [0.5, 0.6) is 0 Å². The Morgan fingerprint density at radius 2 is 1.95 bits per heavy atom. The van der Waals surface area contributed by atoms with Gasteiger partial charge in [-0.05, 0) is 29.8 Å². The molecule has 0 fully saturated rings. The van der Waals surface area contributed by atoms with Crippen molar-refractivity contribution in [1.82, 2.24) is 4.98 Å². The van der Waals surface area contributed by atoms with E-state index in [0.717, 1.165) is 5.56 Å². The number of hydrogen-bond donors (Lipinski definition) is 1. The average molecular weight is 287 g/mol. The van der Waals surface area contributed by atoms with Gasteiger partial charge < -0.3 is 5.32 Å². The molecule has 2 aromatic rings. The number of nitriles is 1. The van der Waals surface area contributed by atoms with Crippen LogP contribution in [0.4, 0.5) is 5.69 Å². The zero-order valence-corrected chi connectivity index (χ0v) is 11.7. The predicted molar refractivity (Wildman–Crippen MR) is 75.8 cm³/mol.